The molecule has 7 nitrogen and oxygen atoms in total. The lowest BCUT2D eigenvalue weighted by atomic mass is 9.75. The molecule has 0 saturated carbocycles. The number of carbonyl (C=O) groups excluding carboxylic acids is 3. The summed E-state index contributed by atoms with van der Waals surface area (Å²) in [4.78, 5) is 41.4. The zero-order valence-corrected chi connectivity index (χ0v) is 21.4. The molecule has 2 aromatic rings. The third-order valence-electron chi connectivity index (χ3n) is 7.06. The van der Waals surface area contributed by atoms with E-state index in [1.54, 1.807) is 20.1 Å². The summed E-state index contributed by atoms with van der Waals surface area (Å²) >= 11 is 6.19. The molecule has 4 atom stereocenters. The number of nitrogens with one attached hydrogen (secondary N) is 1. The van der Waals surface area contributed by atoms with Crippen LogP contribution in [0.3, 0.4) is 0 Å². The number of fused-ring (bicyclic) bond motifs is 1. The summed E-state index contributed by atoms with van der Waals surface area (Å²) in [6.45, 7) is 5.99. The molecular weight excluding hydrogens is 468 g/mol. The third kappa shape index (κ3) is 4.10. The monoisotopic (exact) mass is 498 g/mol. The van der Waals surface area contributed by atoms with Gasteiger partial charge in [0.1, 0.15) is 11.3 Å². The van der Waals surface area contributed by atoms with Crippen LogP contribution >= 0.6 is 11.6 Å². The number of ether oxygens (including phenoxy) is 2. The molecule has 1 N–H and O–H groups in total. The van der Waals surface area contributed by atoms with E-state index in [0.717, 1.165) is 16.7 Å². The van der Waals surface area contributed by atoms with E-state index < -0.39 is 29.4 Å². The smallest absolute Gasteiger partial charge is 0.326 e. The van der Waals surface area contributed by atoms with Crippen molar-refractivity contribution in [1.82, 2.24) is 10.2 Å². The van der Waals surface area contributed by atoms with Gasteiger partial charge in [-0.05, 0) is 48.6 Å². The second-order valence-electron chi connectivity index (χ2n) is 9.58. The minimum absolute atomic E-state index is 0.0827. The van der Waals surface area contributed by atoms with Crippen molar-refractivity contribution in [1.29, 1.82) is 0 Å². The minimum Gasteiger partial charge on any atom is -0.496 e. The Bertz CT molecular complexity index is 1170. The zero-order chi connectivity index (χ0) is 25.5. The van der Waals surface area contributed by atoms with Crippen LogP contribution in [0.2, 0.25) is 5.02 Å². The standard InChI is InChI=1S/C27H31ClN2O5/c1-6-30-24(31)21-22(25(30)32)27(14-15(2)3,26(33)35-5)29-23(21)17-10-11-19(20(13-17)34-4)16-8-7-9-18(28)12-16/h7-13,15,21-23,29H,6,14H2,1-5H3/t21-,22-,23-,27-/m1/s1. The molecule has 0 bridgehead atoms. The van der Waals surface area contributed by atoms with Gasteiger partial charge in [0.25, 0.3) is 0 Å². The van der Waals surface area contributed by atoms with Gasteiger partial charge >= 0.3 is 5.97 Å². The van der Waals surface area contributed by atoms with Gasteiger partial charge in [-0.2, -0.15) is 0 Å². The molecule has 2 saturated heterocycles. The van der Waals surface area contributed by atoms with Crippen LogP contribution < -0.4 is 10.1 Å². The number of rotatable bonds is 7. The SMILES string of the molecule is CCN1C(=O)[C@H]2[C@@H](c3ccc(-c4cccc(Cl)c4)c(OC)c3)N[C@@](CC(C)C)(C(=O)OC)[C@H]2C1=O. The second kappa shape index (κ2) is 9.63. The minimum atomic E-state index is -1.30. The van der Waals surface area contributed by atoms with Crippen LogP contribution in [-0.4, -0.2) is 49.0 Å². The van der Waals surface area contributed by atoms with Crippen LogP contribution in [0.4, 0.5) is 0 Å². The van der Waals surface area contributed by atoms with Gasteiger partial charge in [0.15, 0.2) is 0 Å². The molecule has 0 spiro atoms. The topological polar surface area (TPSA) is 84.9 Å². The summed E-state index contributed by atoms with van der Waals surface area (Å²) < 4.78 is 10.9. The van der Waals surface area contributed by atoms with Gasteiger partial charge in [-0.3, -0.25) is 24.6 Å². The lowest BCUT2D eigenvalue weighted by molar-refractivity contribution is -0.155. The highest BCUT2D eigenvalue weighted by Crippen LogP contribution is 2.52. The quantitative estimate of drug-likeness (QED) is 0.454. The molecule has 8 heteroatoms. The van der Waals surface area contributed by atoms with Gasteiger partial charge in [0, 0.05) is 23.2 Å². The van der Waals surface area contributed by atoms with E-state index >= 15 is 0 Å². The second-order valence-corrected chi connectivity index (χ2v) is 10.0. The Hall–Kier alpha value is -2.90. The van der Waals surface area contributed by atoms with Crippen molar-refractivity contribution in [2.75, 3.05) is 20.8 Å². The summed E-state index contributed by atoms with van der Waals surface area (Å²) in [6, 6.07) is 12.6. The van der Waals surface area contributed by atoms with Crippen LogP contribution in [-0.2, 0) is 19.1 Å². The number of hydrogen-bond acceptors (Lipinski definition) is 6. The van der Waals surface area contributed by atoms with Crippen LogP contribution in [0.15, 0.2) is 42.5 Å². The number of methoxy groups -OCH3 is 2. The number of amides is 2. The van der Waals surface area contributed by atoms with Crippen molar-refractivity contribution in [3.05, 3.63) is 53.1 Å². The van der Waals surface area contributed by atoms with Crippen LogP contribution in [0.5, 0.6) is 5.75 Å². The maximum absolute atomic E-state index is 13.4. The molecule has 2 fully saturated rings. The van der Waals surface area contributed by atoms with Crippen LogP contribution in [0.25, 0.3) is 11.1 Å². The van der Waals surface area contributed by atoms with Gasteiger partial charge in [0.2, 0.25) is 11.8 Å². The fourth-order valence-electron chi connectivity index (χ4n) is 5.74. The molecule has 0 aromatic heterocycles. The van der Waals surface area contributed by atoms with E-state index in [4.69, 9.17) is 21.1 Å². The van der Waals surface area contributed by atoms with Crippen molar-refractivity contribution >= 4 is 29.4 Å². The third-order valence-corrected chi connectivity index (χ3v) is 7.30. The Morgan fingerprint density at radius 1 is 1.14 bits per heavy atom. The average Bonchev–Trinajstić information content (AvgIpc) is 3.31. The lowest BCUT2D eigenvalue weighted by Gasteiger charge is -2.33. The first-order chi connectivity index (χ1) is 16.7. The first-order valence-corrected chi connectivity index (χ1v) is 12.2. The Kier molecular flexibility index (Phi) is 6.93. The Labute approximate surface area is 210 Å². The fraction of sp³-hybridized carbons (Fsp3) is 0.444. The highest BCUT2D eigenvalue weighted by Gasteiger charge is 2.68. The molecule has 186 valence electrons. The number of carbonyl (C=O) groups is 3. The van der Waals surface area contributed by atoms with E-state index in [2.05, 4.69) is 5.32 Å². The summed E-state index contributed by atoms with van der Waals surface area (Å²) in [7, 11) is 2.90. The fourth-order valence-corrected chi connectivity index (χ4v) is 5.93. The number of halogens is 1. The molecule has 2 aromatic carbocycles. The molecule has 2 aliphatic rings. The van der Waals surface area contributed by atoms with Crippen LogP contribution in [0, 0.1) is 17.8 Å². The van der Waals surface area contributed by atoms with Crippen molar-refractivity contribution in [2.45, 2.75) is 38.8 Å². The zero-order valence-electron chi connectivity index (χ0n) is 20.6. The molecule has 0 radical (unpaired) electrons. The van der Waals surface area contributed by atoms with Crippen LogP contribution in [0.1, 0.15) is 38.8 Å². The Morgan fingerprint density at radius 2 is 1.89 bits per heavy atom. The number of likely N-dealkylation sites (tertiary alicyclic amines) is 1. The predicted molar refractivity (Wildman–Crippen MR) is 133 cm³/mol. The number of hydrogen-bond donors (Lipinski definition) is 1. The normalized spacial score (nSPS) is 25.8. The van der Waals surface area contributed by atoms with Crippen molar-refractivity contribution in [3.8, 4) is 16.9 Å². The molecule has 0 aliphatic carbocycles. The van der Waals surface area contributed by atoms with Gasteiger partial charge in [0.05, 0.1) is 26.1 Å². The van der Waals surface area contributed by atoms with Gasteiger partial charge in [-0.15, -0.1) is 0 Å². The first-order valence-electron chi connectivity index (χ1n) is 11.8. The van der Waals surface area contributed by atoms with Crippen molar-refractivity contribution < 1.29 is 23.9 Å². The summed E-state index contributed by atoms with van der Waals surface area (Å²) in [5.41, 5.74) is 1.20. The predicted octanol–water partition coefficient (Wildman–Crippen LogP) is 4.24. The average molecular weight is 499 g/mol. The van der Waals surface area contributed by atoms with E-state index in [1.807, 2.05) is 50.2 Å². The van der Waals surface area contributed by atoms with Crippen molar-refractivity contribution in [3.63, 3.8) is 0 Å². The maximum atomic E-state index is 13.4. The molecule has 2 aliphatic heterocycles. The highest BCUT2D eigenvalue weighted by atomic mass is 35.5. The van der Waals surface area contributed by atoms with E-state index in [-0.39, 0.29) is 24.3 Å². The number of benzene rings is 2. The van der Waals surface area contributed by atoms with Crippen molar-refractivity contribution in [2.24, 2.45) is 17.8 Å². The molecule has 0 unspecified atom stereocenters. The summed E-state index contributed by atoms with van der Waals surface area (Å²) in [5.74, 6) is -2.00. The highest BCUT2D eigenvalue weighted by molar-refractivity contribution is 6.30. The molecular formula is C27H31ClN2O5. The maximum Gasteiger partial charge on any atom is 0.326 e. The summed E-state index contributed by atoms with van der Waals surface area (Å²) in [5, 5.41) is 4.02. The molecule has 2 heterocycles. The van der Waals surface area contributed by atoms with E-state index in [0.29, 0.717) is 17.2 Å². The molecule has 4 rings (SSSR count). The number of esters is 1. The Morgan fingerprint density at radius 3 is 2.49 bits per heavy atom. The summed E-state index contributed by atoms with van der Waals surface area (Å²) in [6.07, 6.45) is 0.367. The van der Waals surface area contributed by atoms with Gasteiger partial charge in [-0.1, -0.05) is 49.7 Å². The van der Waals surface area contributed by atoms with E-state index in [9.17, 15) is 14.4 Å². The Balaban J connectivity index is 1.84. The van der Waals surface area contributed by atoms with Gasteiger partial charge < -0.3 is 9.47 Å². The molecule has 35 heavy (non-hydrogen) atoms. The largest absolute Gasteiger partial charge is 0.496 e. The van der Waals surface area contributed by atoms with Gasteiger partial charge in [-0.25, -0.2) is 0 Å². The number of nitrogens with zero attached hydrogens (tertiary/aromatic N) is 1. The lowest BCUT2D eigenvalue weighted by Crippen LogP contribution is -2.57. The molecule has 2 amide bonds. The van der Waals surface area contributed by atoms with E-state index in [1.165, 1.54) is 12.0 Å². The number of imide groups is 1. The first kappa shape index (κ1) is 25.2.